The Kier molecular flexibility index (Phi) is 2.70. The highest BCUT2D eigenvalue weighted by Crippen LogP contribution is 2.32. The van der Waals surface area contributed by atoms with Crippen molar-refractivity contribution in [2.24, 2.45) is 0 Å². The van der Waals surface area contributed by atoms with Gasteiger partial charge in [0.1, 0.15) is 0 Å². The molecule has 0 saturated carbocycles. The van der Waals surface area contributed by atoms with Crippen LogP contribution in [0.2, 0.25) is 0 Å². The Balaban J connectivity index is 2.64. The molecule has 0 amide bonds. The predicted octanol–water partition coefficient (Wildman–Crippen LogP) is 2.28. The van der Waals surface area contributed by atoms with E-state index in [2.05, 4.69) is 5.32 Å². The third-order valence-electron chi connectivity index (χ3n) is 3.32. The van der Waals surface area contributed by atoms with Crippen molar-refractivity contribution in [1.29, 1.82) is 0 Å². The van der Waals surface area contributed by atoms with Gasteiger partial charge in [0.25, 0.3) is 0 Å². The first kappa shape index (κ1) is 11.5. The van der Waals surface area contributed by atoms with Crippen LogP contribution < -0.4 is 5.32 Å². The third-order valence-corrected chi connectivity index (χ3v) is 5.65. The van der Waals surface area contributed by atoms with Crippen LogP contribution in [-0.4, -0.2) is 20.2 Å². The van der Waals surface area contributed by atoms with Gasteiger partial charge in [0, 0.05) is 6.54 Å². The Labute approximate surface area is 96.8 Å². The molecule has 88 valence electrons. The van der Waals surface area contributed by atoms with Crippen LogP contribution in [0.4, 0.5) is 5.69 Å². The average molecular weight is 239 g/mol. The summed E-state index contributed by atoms with van der Waals surface area (Å²) >= 11 is 0. The van der Waals surface area contributed by atoms with Gasteiger partial charge in [-0.1, -0.05) is 6.92 Å². The third kappa shape index (κ3) is 1.61. The molecule has 3 nitrogen and oxygen atoms in total. The standard InChI is InChI=1S/C12H17NO2S/c1-4-10-7-13-11-5-8(2)9(3)6-12(11)16(10,14)15/h5-6,10,13H,4,7H2,1-3H3. The molecule has 1 N–H and O–H groups in total. The van der Waals surface area contributed by atoms with Crippen LogP contribution in [0, 0.1) is 13.8 Å². The van der Waals surface area contributed by atoms with Crippen molar-refractivity contribution in [3.05, 3.63) is 23.3 Å². The molecule has 0 radical (unpaired) electrons. The van der Waals surface area contributed by atoms with Gasteiger partial charge < -0.3 is 5.32 Å². The summed E-state index contributed by atoms with van der Waals surface area (Å²) in [7, 11) is -3.13. The van der Waals surface area contributed by atoms with Crippen molar-refractivity contribution >= 4 is 15.5 Å². The van der Waals surface area contributed by atoms with Gasteiger partial charge in [-0.15, -0.1) is 0 Å². The Morgan fingerprint density at radius 2 is 1.94 bits per heavy atom. The van der Waals surface area contributed by atoms with E-state index in [1.165, 1.54) is 0 Å². The van der Waals surface area contributed by atoms with Crippen LogP contribution >= 0.6 is 0 Å². The summed E-state index contributed by atoms with van der Waals surface area (Å²) in [6.07, 6.45) is 0.654. The smallest absolute Gasteiger partial charge is 0.184 e. The lowest BCUT2D eigenvalue weighted by molar-refractivity contribution is 0.574. The fourth-order valence-electron chi connectivity index (χ4n) is 2.04. The van der Waals surface area contributed by atoms with Crippen molar-refractivity contribution in [1.82, 2.24) is 0 Å². The first-order chi connectivity index (χ1) is 7.46. The molecule has 0 spiro atoms. The van der Waals surface area contributed by atoms with Gasteiger partial charge in [-0.3, -0.25) is 0 Å². The summed E-state index contributed by atoms with van der Waals surface area (Å²) in [6.45, 7) is 6.38. The van der Waals surface area contributed by atoms with E-state index in [1.54, 1.807) is 6.07 Å². The second-order valence-corrected chi connectivity index (χ2v) is 6.59. The molecule has 0 fully saturated rings. The van der Waals surface area contributed by atoms with Crippen molar-refractivity contribution < 1.29 is 8.42 Å². The number of nitrogens with one attached hydrogen (secondary N) is 1. The Hall–Kier alpha value is -1.03. The minimum Gasteiger partial charge on any atom is -0.383 e. The van der Waals surface area contributed by atoms with Crippen LogP contribution in [0.1, 0.15) is 24.5 Å². The van der Waals surface area contributed by atoms with Crippen molar-refractivity contribution in [3.8, 4) is 0 Å². The van der Waals surface area contributed by atoms with Gasteiger partial charge in [0.15, 0.2) is 9.84 Å². The van der Waals surface area contributed by atoms with Crippen LogP contribution in [0.15, 0.2) is 17.0 Å². The summed E-state index contributed by atoms with van der Waals surface area (Å²) in [5.74, 6) is 0. The van der Waals surface area contributed by atoms with E-state index in [4.69, 9.17) is 0 Å². The molecule has 1 aromatic rings. The predicted molar refractivity (Wildman–Crippen MR) is 65.7 cm³/mol. The molecule has 0 bridgehead atoms. The van der Waals surface area contributed by atoms with Gasteiger partial charge in [0.2, 0.25) is 0 Å². The van der Waals surface area contributed by atoms with Gasteiger partial charge in [0.05, 0.1) is 15.8 Å². The molecule has 0 aliphatic carbocycles. The Bertz CT molecular complexity index is 520. The van der Waals surface area contributed by atoms with Gasteiger partial charge >= 0.3 is 0 Å². The summed E-state index contributed by atoms with van der Waals surface area (Å²) < 4.78 is 24.5. The second-order valence-electron chi connectivity index (χ2n) is 4.39. The SMILES string of the molecule is CCC1CNc2cc(C)c(C)cc2S1(=O)=O. The Morgan fingerprint density at radius 1 is 1.31 bits per heavy atom. The van der Waals surface area contributed by atoms with Crippen LogP contribution in [0.25, 0.3) is 0 Å². The number of sulfone groups is 1. The number of rotatable bonds is 1. The highest BCUT2D eigenvalue weighted by atomic mass is 32.2. The molecule has 1 aromatic carbocycles. The second kappa shape index (κ2) is 3.77. The molecule has 1 heterocycles. The average Bonchev–Trinajstić information content (AvgIpc) is 2.21. The molecule has 0 saturated heterocycles. The fourth-order valence-corrected chi connectivity index (χ4v) is 3.92. The maximum atomic E-state index is 12.3. The zero-order valence-electron chi connectivity index (χ0n) is 9.87. The maximum Gasteiger partial charge on any atom is 0.184 e. The van der Waals surface area contributed by atoms with Gasteiger partial charge in [-0.05, 0) is 43.5 Å². The van der Waals surface area contributed by atoms with E-state index in [1.807, 2.05) is 26.8 Å². The monoisotopic (exact) mass is 239 g/mol. The summed E-state index contributed by atoms with van der Waals surface area (Å²) in [5, 5.41) is 2.92. The normalized spacial score (nSPS) is 22.3. The van der Waals surface area contributed by atoms with E-state index >= 15 is 0 Å². The minimum absolute atomic E-state index is 0.290. The largest absolute Gasteiger partial charge is 0.383 e. The molecule has 0 aromatic heterocycles. The molecule has 16 heavy (non-hydrogen) atoms. The van der Waals surface area contributed by atoms with E-state index in [9.17, 15) is 8.42 Å². The van der Waals surface area contributed by atoms with E-state index < -0.39 is 9.84 Å². The molecule has 4 heteroatoms. The van der Waals surface area contributed by atoms with Crippen LogP contribution in [0.5, 0.6) is 0 Å². The molecule has 1 aliphatic heterocycles. The number of aryl methyl sites for hydroxylation is 2. The molecule has 1 unspecified atom stereocenters. The quantitative estimate of drug-likeness (QED) is 0.818. The lowest BCUT2D eigenvalue weighted by atomic mass is 10.1. The minimum atomic E-state index is -3.13. The number of anilines is 1. The number of benzene rings is 1. The lowest BCUT2D eigenvalue weighted by Gasteiger charge is -2.26. The lowest BCUT2D eigenvalue weighted by Crippen LogP contribution is -2.34. The highest BCUT2D eigenvalue weighted by Gasteiger charge is 2.32. The highest BCUT2D eigenvalue weighted by molar-refractivity contribution is 7.92. The van der Waals surface area contributed by atoms with Crippen molar-refractivity contribution in [2.75, 3.05) is 11.9 Å². The molecule has 1 atom stereocenters. The van der Waals surface area contributed by atoms with Crippen molar-refractivity contribution in [3.63, 3.8) is 0 Å². The zero-order chi connectivity index (χ0) is 11.9. The molecule has 1 aliphatic rings. The first-order valence-corrected chi connectivity index (χ1v) is 7.10. The molecule has 2 rings (SSSR count). The fraction of sp³-hybridized carbons (Fsp3) is 0.500. The Morgan fingerprint density at radius 3 is 2.56 bits per heavy atom. The number of fused-ring (bicyclic) bond motifs is 1. The van der Waals surface area contributed by atoms with E-state index in [-0.39, 0.29) is 5.25 Å². The summed E-state index contributed by atoms with van der Waals surface area (Å²) in [6, 6.07) is 3.71. The van der Waals surface area contributed by atoms with Crippen molar-refractivity contribution in [2.45, 2.75) is 37.3 Å². The van der Waals surface area contributed by atoms with E-state index in [0.717, 1.165) is 16.8 Å². The topological polar surface area (TPSA) is 46.2 Å². The van der Waals surface area contributed by atoms with Crippen LogP contribution in [-0.2, 0) is 9.84 Å². The number of hydrogen-bond donors (Lipinski definition) is 1. The van der Waals surface area contributed by atoms with Crippen LogP contribution in [0.3, 0.4) is 0 Å². The number of hydrogen-bond acceptors (Lipinski definition) is 3. The molecular formula is C12H17NO2S. The molecular weight excluding hydrogens is 222 g/mol. The summed E-state index contributed by atoms with van der Waals surface area (Å²) in [5.41, 5.74) is 2.91. The first-order valence-electron chi connectivity index (χ1n) is 5.56. The van der Waals surface area contributed by atoms with Gasteiger partial charge in [-0.25, -0.2) is 8.42 Å². The van der Waals surface area contributed by atoms with E-state index in [0.29, 0.717) is 17.9 Å². The zero-order valence-corrected chi connectivity index (χ0v) is 10.7. The summed E-state index contributed by atoms with van der Waals surface area (Å²) in [4.78, 5) is 0.466. The van der Waals surface area contributed by atoms with Gasteiger partial charge in [-0.2, -0.15) is 0 Å². The maximum absolute atomic E-state index is 12.3.